The molecule has 1 aromatic rings. The molecule has 0 spiro atoms. The molecule has 0 N–H and O–H groups in total. The van der Waals surface area contributed by atoms with Gasteiger partial charge in [0.2, 0.25) is 0 Å². The summed E-state index contributed by atoms with van der Waals surface area (Å²) in [5, 5.41) is 3.65. The number of nitrogens with zero attached hydrogens (tertiary/aromatic N) is 3. The molecule has 0 aliphatic heterocycles. The number of hydrogen-bond acceptors (Lipinski definition) is 1. The Morgan fingerprint density at radius 2 is 2.14 bits per heavy atom. The van der Waals surface area contributed by atoms with E-state index in [0.29, 0.717) is 0 Å². The zero-order valence-corrected chi connectivity index (χ0v) is 8.17. The SMILES string of the molecule is CCC(/C=C/c1ccccc1)N=[N+]=[N-]. The normalized spacial score (nSPS) is 12.4. The molecule has 0 aliphatic carbocycles. The number of azide groups is 1. The monoisotopic (exact) mass is 187 g/mol. The highest BCUT2D eigenvalue weighted by molar-refractivity contribution is 5.49. The average molecular weight is 187 g/mol. The Hall–Kier alpha value is -1.73. The highest BCUT2D eigenvalue weighted by Crippen LogP contribution is 2.05. The molecule has 1 atom stereocenters. The fraction of sp³-hybridized carbons (Fsp3) is 0.273. The number of hydrogen-bond donors (Lipinski definition) is 0. The molecule has 1 unspecified atom stereocenters. The Kier molecular flexibility index (Phi) is 4.32. The first-order chi connectivity index (χ1) is 6.86. The summed E-state index contributed by atoms with van der Waals surface area (Å²) >= 11 is 0. The van der Waals surface area contributed by atoms with Crippen molar-refractivity contribution in [2.24, 2.45) is 5.11 Å². The van der Waals surface area contributed by atoms with E-state index in [1.165, 1.54) is 0 Å². The van der Waals surface area contributed by atoms with Gasteiger partial charge in [0.05, 0.1) is 6.04 Å². The molecule has 1 rings (SSSR count). The summed E-state index contributed by atoms with van der Waals surface area (Å²) in [5.74, 6) is 0. The maximum atomic E-state index is 8.29. The first kappa shape index (κ1) is 10.4. The summed E-state index contributed by atoms with van der Waals surface area (Å²) in [6.07, 6.45) is 4.73. The first-order valence-electron chi connectivity index (χ1n) is 4.64. The van der Waals surface area contributed by atoms with Crippen LogP contribution in [0.4, 0.5) is 0 Å². The predicted octanol–water partition coefficient (Wildman–Crippen LogP) is 3.79. The van der Waals surface area contributed by atoms with Gasteiger partial charge >= 0.3 is 0 Å². The van der Waals surface area contributed by atoms with Crippen LogP contribution < -0.4 is 0 Å². The van der Waals surface area contributed by atoms with Crippen molar-refractivity contribution < 1.29 is 0 Å². The van der Waals surface area contributed by atoms with Gasteiger partial charge in [-0.05, 0) is 17.5 Å². The van der Waals surface area contributed by atoms with Crippen LogP contribution in [0.1, 0.15) is 18.9 Å². The Morgan fingerprint density at radius 3 is 2.71 bits per heavy atom. The van der Waals surface area contributed by atoms with Crippen LogP contribution in [0.2, 0.25) is 0 Å². The fourth-order valence-corrected chi connectivity index (χ4v) is 1.11. The van der Waals surface area contributed by atoms with Crippen LogP contribution in [0.5, 0.6) is 0 Å². The molecule has 3 heteroatoms. The first-order valence-corrected chi connectivity index (χ1v) is 4.64. The van der Waals surface area contributed by atoms with Crippen molar-refractivity contribution in [1.29, 1.82) is 0 Å². The van der Waals surface area contributed by atoms with Crippen LogP contribution in [0.3, 0.4) is 0 Å². The molecule has 0 aliphatic rings. The van der Waals surface area contributed by atoms with Gasteiger partial charge in [-0.15, -0.1) is 0 Å². The molecule has 0 radical (unpaired) electrons. The predicted molar refractivity (Wildman–Crippen MR) is 58.7 cm³/mol. The summed E-state index contributed by atoms with van der Waals surface area (Å²) < 4.78 is 0. The quantitative estimate of drug-likeness (QED) is 0.391. The lowest BCUT2D eigenvalue weighted by Crippen LogP contribution is -1.94. The van der Waals surface area contributed by atoms with Gasteiger partial charge in [0.15, 0.2) is 0 Å². The van der Waals surface area contributed by atoms with Crippen molar-refractivity contribution in [3.05, 3.63) is 52.4 Å². The molecule has 3 nitrogen and oxygen atoms in total. The molecule has 0 bridgehead atoms. The van der Waals surface area contributed by atoms with Crippen LogP contribution in [0, 0.1) is 0 Å². The van der Waals surface area contributed by atoms with E-state index in [1.54, 1.807) is 0 Å². The van der Waals surface area contributed by atoms with Gasteiger partial charge in [-0.2, -0.15) is 0 Å². The third-order valence-electron chi connectivity index (χ3n) is 1.93. The van der Waals surface area contributed by atoms with Gasteiger partial charge in [0.1, 0.15) is 0 Å². The second-order valence-electron chi connectivity index (χ2n) is 2.95. The third-order valence-corrected chi connectivity index (χ3v) is 1.93. The number of benzene rings is 1. The Labute approximate surface area is 83.7 Å². The van der Waals surface area contributed by atoms with Crippen LogP contribution >= 0.6 is 0 Å². The minimum atomic E-state index is -0.0415. The lowest BCUT2D eigenvalue weighted by Gasteiger charge is -1.99. The van der Waals surface area contributed by atoms with Crippen LogP contribution in [0.25, 0.3) is 16.5 Å². The van der Waals surface area contributed by atoms with E-state index in [9.17, 15) is 0 Å². The lowest BCUT2D eigenvalue weighted by atomic mass is 10.1. The molecule has 0 aromatic heterocycles. The standard InChI is InChI=1S/C11H13N3/c1-2-11(13-14-12)9-8-10-6-4-3-5-7-10/h3-9,11H,2H2,1H3/b9-8+. The van der Waals surface area contributed by atoms with Crippen molar-refractivity contribution in [3.63, 3.8) is 0 Å². The minimum absolute atomic E-state index is 0.0415. The molecule has 0 amide bonds. The van der Waals surface area contributed by atoms with Crippen molar-refractivity contribution in [2.45, 2.75) is 19.4 Å². The summed E-state index contributed by atoms with van der Waals surface area (Å²) in [7, 11) is 0. The topological polar surface area (TPSA) is 48.8 Å². The summed E-state index contributed by atoms with van der Waals surface area (Å²) in [5.41, 5.74) is 9.41. The molecule has 1 aromatic carbocycles. The molecular weight excluding hydrogens is 174 g/mol. The van der Waals surface area contributed by atoms with E-state index < -0.39 is 0 Å². The summed E-state index contributed by atoms with van der Waals surface area (Å²) in [4.78, 5) is 2.79. The van der Waals surface area contributed by atoms with E-state index >= 15 is 0 Å². The summed E-state index contributed by atoms with van der Waals surface area (Å²) in [6.45, 7) is 1.99. The molecule has 0 fully saturated rings. The zero-order chi connectivity index (χ0) is 10.2. The number of rotatable bonds is 4. The minimum Gasteiger partial charge on any atom is -0.0866 e. The molecular formula is C11H13N3. The Balaban J connectivity index is 2.67. The maximum Gasteiger partial charge on any atom is 0.0555 e. The second kappa shape index (κ2) is 5.84. The van der Waals surface area contributed by atoms with E-state index in [2.05, 4.69) is 10.0 Å². The Morgan fingerprint density at radius 1 is 1.43 bits per heavy atom. The van der Waals surface area contributed by atoms with Gasteiger partial charge < -0.3 is 0 Å². The highest BCUT2D eigenvalue weighted by atomic mass is 15.1. The van der Waals surface area contributed by atoms with Crippen molar-refractivity contribution in [2.75, 3.05) is 0 Å². The molecule has 0 saturated heterocycles. The molecule has 14 heavy (non-hydrogen) atoms. The van der Waals surface area contributed by atoms with E-state index in [-0.39, 0.29) is 6.04 Å². The Bertz CT molecular complexity index is 337. The van der Waals surface area contributed by atoms with Gasteiger partial charge in [0.25, 0.3) is 0 Å². The second-order valence-corrected chi connectivity index (χ2v) is 2.95. The van der Waals surface area contributed by atoms with Crippen LogP contribution in [-0.2, 0) is 0 Å². The average Bonchev–Trinajstić information content (AvgIpc) is 2.25. The van der Waals surface area contributed by atoms with Gasteiger partial charge in [-0.25, -0.2) is 0 Å². The lowest BCUT2D eigenvalue weighted by molar-refractivity contribution is 0.778. The highest BCUT2D eigenvalue weighted by Gasteiger charge is 1.95. The van der Waals surface area contributed by atoms with Crippen molar-refractivity contribution >= 4 is 6.08 Å². The van der Waals surface area contributed by atoms with E-state index in [0.717, 1.165) is 12.0 Å². The molecule has 0 saturated carbocycles. The van der Waals surface area contributed by atoms with Crippen LogP contribution in [-0.4, -0.2) is 6.04 Å². The smallest absolute Gasteiger partial charge is 0.0555 e. The van der Waals surface area contributed by atoms with Crippen LogP contribution in [0.15, 0.2) is 41.5 Å². The fourth-order valence-electron chi connectivity index (χ4n) is 1.11. The molecule has 72 valence electrons. The van der Waals surface area contributed by atoms with Gasteiger partial charge in [-0.1, -0.05) is 54.5 Å². The third kappa shape index (κ3) is 3.33. The maximum absolute atomic E-state index is 8.29. The van der Waals surface area contributed by atoms with E-state index in [1.807, 2.05) is 49.4 Å². The molecule has 0 heterocycles. The largest absolute Gasteiger partial charge is 0.0866 e. The van der Waals surface area contributed by atoms with Crippen molar-refractivity contribution in [1.82, 2.24) is 0 Å². The zero-order valence-electron chi connectivity index (χ0n) is 8.17. The van der Waals surface area contributed by atoms with E-state index in [4.69, 9.17) is 5.53 Å². The van der Waals surface area contributed by atoms with Crippen molar-refractivity contribution in [3.8, 4) is 0 Å². The van der Waals surface area contributed by atoms with Gasteiger partial charge in [0, 0.05) is 4.91 Å². The van der Waals surface area contributed by atoms with Gasteiger partial charge in [-0.3, -0.25) is 0 Å². The summed E-state index contributed by atoms with van der Waals surface area (Å²) in [6, 6.07) is 9.92.